The van der Waals surface area contributed by atoms with Crippen LogP contribution in [0, 0.1) is 0 Å². The van der Waals surface area contributed by atoms with Crippen LogP contribution >= 0.6 is 23.2 Å². The molecule has 2 aromatic heterocycles. The number of aromatic nitrogens is 5. The maximum Gasteiger partial charge on any atom is 0.286 e. The van der Waals surface area contributed by atoms with E-state index >= 15 is 0 Å². The Labute approximate surface area is 224 Å². The Hall–Kier alpha value is -3.37. The molecule has 0 radical (unpaired) electrons. The number of piperidine rings is 1. The van der Waals surface area contributed by atoms with Gasteiger partial charge in [-0.15, -0.1) is 5.10 Å². The minimum atomic E-state index is -0.318. The number of nitrogens with two attached hydrogens (primary N) is 1. The third-order valence-corrected chi connectivity index (χ3v) is 6.65. The van der Waals surface area contributed by atoms with Crippen molar-refractivity contribution >= 4 is 29.1 Å². The fourth-order valence-corrected chi connectivity index (χ4v) is 4.50. The number of hydrogen-bond donors (Lipinski definition) is 2. The smallest absolute Gasteiger partial charge is 0.286 e. The van der Waals surface area contributed by atoms with E-state index in [2.05, 4.69) is 15.7 Å². The molecule has 9 nitrogen and oxygen atoms in total. The number of amides is 1. The highest BCUT2D eigenvalue weighted by atomic mass is 35.5. The number of halogens is 2. The van der Waals surface area contributed by atoms with Crippen molar-refractivity contribution in [2.24, 2.45) is 5.73 Å². The van der Waals surface area contributed by atoms with Crippen molar-refractivity contribution in [2.75, 3.05) is 13.1 Å². The van der Waals surface area contributed by atoms with Crippen molar-refractivity contribution in [2.45, 2.75) is 32.4 Å². The van der Waals surface area contributed by atoms with E-state index in [1.54, 1.807) is 35.1 Å². The van der Waals surface area contributed by atoms with Crippen LogP contribution in [0.4, 0.5) is 0 Å². The van der Waals surface area contributed by atoms with E-state index in [0.717, 1.165) is 43.5 Å². The molecule has 0 bridgehead atoms. The van der Waals surface area contributed by atoms with Gasteiger partial charge in [0, 0.05) is 40.8 Å². The molecule has 0 unspecified atom stereocenters. The fraction of sp³-hybridized carbons (Fsp3) is 0.269. The van der Waals surface area contributed by atoms with Crippen LogP contribution in [0.5, 0.6) is 0 Å². The van der Waals surface area contributed by atoms with Gasteiger partial charge in [0.05, 0.1) is 35.5 Å². The third kappa shape index (κ3) is 5.97. The number of hydrogen-bond acceptors (Lipinski definition) is 7. The Morgan fingerprint density at radius 2 is 1.49 bits per heavy atom. The summed E-state index contributed by atoms with van der Waals surface area (Å²) >= 11 is 12.3. The van der Waals surface area contributed by atoms with Gasteiger partial charge in [-0.1, -0.05) is 59.1 Å². The van der Waals surface area contributed by atoms with Crippen molar-refractivity contribution in [3.05, 3.63) is 81.9 Å². The van der Waals surface area contributed by atoms with Gasteiger partial charge in [-0.2, -0.15) is 0 Å². The topological polar surface area (TPSA) is 115 Å². The number of carbonyl (C=O) groups is 1. The van der Waals surface area contributed by atoms with E-state index in [-0.39, 0.29) is 24.7 Å². The Kier molecular flexibility index (Phi) is 7.76. The maximum atomic E-state index is 13.6. The Bertz CT molecular complexity index is 1380. The first-order chi connectivity index (χ1) is 18.0. The van der Waals surface area contributed by atoms with Gasteiger partial charge in [-0.3, -0.25) is 10.2 Å². The van der Waals surface area contributed by atoms with Gasteiger partial charge in [0.25, 0.3) is 5.91 Å². The van der Waals surface area contributed by atoms with Gasteiger partial charge < -0.3 is 5.73 Å². The van der Waals surface area contributed by atoms with Crippen LogP contribution in [0.1, 0.15) is 41.1 Å². The average Bonchev–Trinajstić information content (AvgIpc) is 3.37. The highest BCUT2D eigenvalue weighted by Gasteiger charge is 2.24. The van der Waals surface area contributed by atoms with Crippen LogP contribution in [0.15, 0.2) is 54.7 Å². The van der Waals surface area contributed by atoms with E-state index in [9.17, 15) is 4.79 Å². The number of carbonyl (C=O) groups excluding carboxylic acids is 1. The molecule has 0 saturated carbocycles. The van der Waals surface area contributed by atoms with Gasteiger partial charge in [0.2, 0.25) is 0 Å². The molecule has 0 atom stereocenters. The summed E-state index contributed by atoms with van der Waals surface area (Å²) in [6, 6.07) is 14.7. The van der Waals surface area contributed by atoms with Gasteiger partial charge in [0.1, 0.15) is 0 Å². The van der Waals surface area contributed by atoms with Crippen LogP contribution in [0.2, 0.25) is 10.0 Å². The second-order valence-electron chi connectivity index (χ2n) is 8.83. The first-order valence-corrected chi connectivity index (χ1v) is 12.8. The molecular formula is C26H26Cl2N8O. The van der Waals surface area contributed by atoms with Crippen molar-refractivity contribution in [1.82, 2.24) is 35.4 Å². The first-order valence-electron chi connectivity index (χ1n) is 12.1. The second-order valence-corrected chi connectivity index (χ2v) is 9.70. The molecule has 37 heavy (non-hydrogen) atoms. The number of rotatable bonds is 7. The number of nitrogens with zero attached hydrogens (tertiary/aromatic N) is 6. The molecule has 4 aromatic rings. The molecule has 1 fully saturated rings. The Balaban J connectivity index is 1.64. The largest absolute Gasteiger partial charge is 0.325 e. The molecule has 3 N–H and O–H groups in total. The lowest BCUT2D eigenvalue weighted by atomic mass is 10.0. The zero-order chi connectivity index (χ0) is 25.8. The predicted octanol–water partition coefficient (Wildman–Crippen LogP) is 4.35. The zero-order valence-electron chi connectivity index (χ0n) is 20.1. The number of nitrogens with one attached hydrogen (secondary N) is 1. The Morgan fingerprint density at radius 1 is 0.892 bits per heavy atom. The van der Waals surface area contributed by atoms with Crippen molar-refractivity contribution in [3.63, 3.8) is 0 Å². The van der Waals surface area contributed by atoms with E-state index < -0.39 is 0 Å². The van der Waals surface area contributed by atoms with Crippen molar-refractivity contribution in [3.8, 4) is 22.5 Å². The van der Waals surface area contributed by atoms with Crippen LogP contribution in [0.25, 0.3) is 22.5 Å². The zero-order valence-corrected chi connectivity index (χ0v) is 21.6. The monoisotopic (exact) mass is 536 g/mol. The molecule has 5 rings (SSSR count). The van der Waals surface area contributed by atoms with Crippen molar-refractivity contribution in [1.29, 1.82) is 0 Å². The third-order valence-electron chi connectivity index (χ3n) is 6.14. The number of hydrazine groups is 1. The molecule has 0 aliphatic carbocycles. The lowest BCUT2D eigenvalue weighted by Crippen LogP contribution is -2.45. The van der Waals surface area contributed by atoms with E-state index in [4.69, 9.17) is 38.9 Å². The molecule has 1 amide bonds. The molecule has 11 heteroatoms. The molecular weight excluding hydrogens is 511 g/mol. The highest BCUT2D eigenvalue weighted by Crippen LogP contribution is 2.32. The molecule has 1 aliphatic heterocycles. The van der Waals surface area contributed by atoms with Gasteiger partial charge >= 0.3 is 0 Å². The van der Waals surface area contributed by atoms with Crippen LogP contribution in [-0.4, -0.2) is 49.0 Å². The summed E-state index contributed by atoms with van der Waals surface area (Å²) in [7, 11) is 0. The lowest BCUT2D eigenvalue weighted by molar-refractivity contribution is 0.0743. The predicted molar refractivity (Wildman–Crippen MR) is 143 cm³/mol. The SMILES string of the molecule is NCc1cn(Cc2nc(-c3ccc(Cl)cc3)c(-c3ccc(Cl)cc3)nc2C(=O)NN2CCCCC2)nn1. The standard InChI is InChI=1S/C26H26Cl2N8O/c27-19-8-4-17(5-9-19)23-24(18-6-10-20(28)11-7-18)31-25(26(37)33-35-12-2-1-3-13-35)22(30-23)16-36-15-21(14-29)32-34-36/h4-11,15H,1-3,12-14,16,29H2,(H,33,37). The molecule has 1 saturated heterocycles. The molecule has 3 heterocycles. The summed E-state index contributed by atoms with van der Waals surface area (Å²) in [5.41, 5.74) is 12.8. The highest BCUT2D eigenvalue weighted by molar-refractivity contribution is 6.31. The maximum absolute atomic E-state index is 13.6. The second kappa shape index (κ2) is 11.4. The van der Waals surface area contributed by atoms with E-state index in [1.807, 2.05) is 29.3 Å². The van der Waals surface area contributed by atoms with Crippen LogP contribution in [0.3, 0.4) is 0 Å². The summed E-state index contributed by atoms with van der Waals surface area (Å²) in [6.45, 7) is 2.05. The molecule has 2 aromatic carbocycles. The first kappa shape index (κ1) is 25.3. The normalized spacial score (nSPS) is 14.0. The number of benzene rings is 2. The summed E-state index contributed by atoms with van der Waals surface area (Å²) < 4.78 is 1.61. The summed E-state index contributed by atoms with van der Waals surface area (Å²) in [4.78, 5) is 23.4. The molecule has 1 aliphatic rings. The fourth-order valence-electron chi connectivity index (χ4n) is 4.25. The summed E-state index contributed by atoms with van der Waals surface area (Å²) in [5, 5.41) is 11.4. The van der Waals surface area contributed by atoms with Crippen LogP contribution in [-0.2, 0) is 13.1 Å². The minimum Gasteiger partial charge on any atom is -0.325 e. The molecule has 190 valence electrons. The van der Waals surface area contributed by atoms with E-state index in [1.165, 1.54) is 0 Å². The summed E-state index contributed by atoms with van der Waals surface area (Å²) in [5.74, 6) is -0.318. The van der Waals surface area contributed by atoms with Gasteiger partial charge in [0.15, 0.2) is 5.69 Å². The molecule has 0 spiro atoms. The van der Waals surface area contributed by atoms with E-state index in [0.29, 0.717) is 32.8 Å². The van der Waals surface area contributed by atoms with Crippen molar-refractivity contribution < 1.29 is 4.79 Å². The van der Waals surface area contributed by atoms with Crippen LogP contribution < -0.4 is 11.2 Å². The minimum absolute atomic E-state index is 0.199. The van der Waals surface area contributed by atoms with Gasteiger partial charge in [-0.05, 0) is 37.1 Å². The quantitative estimate of drug-likeness (QED) is 0.360. The average molecular weight is 537 g/mol. The summed E-state index contributed by atoms with van der Waals surface area (Å²) in [6.07, 6.45) is 4.96. The Morgan fingerprint density at radius 3 is 2.05 bits per heavy atom. The van der Waals surface area contributed by atoms with Gasteiger partial charge in [-0.25, -0.2) is 19.7 Å². The lowest BCUT2D eigenvalue weighted by Gasteiger charge is -2.27.